The number of para-hydroxylation sites is 2. The summed E-state index contributed by atoms with van der Waals surface area (Å²) in [6, 6.07) is 18.2. The number of aromatic nitrogens is 4. The molecule has 10 heteroatoms. The molecule has 0 amide bonds. The van der Waals surface area contributed by atoms with Gasteiger partial charge in [-0.3, -0.25) is 9.51 Å². The van der Waals surface area contributed by atoms with Crippen molar-refractivity contribution in [3.63, 3.8) is 0 Å². The predicted octanol–water partition coefficient (Wildman–Crippen LogP) is 6.67. The summed E-state index contributed by atoms with van der Waals surface area (Å²) in [5, 5.41) is 4.01. The number of ether oxygens (including phenoxy) is 1. The Kier molecular flexibility index (Phi) is 5.51. The van der Waals surface area contributed by atoms with Crippen LogP contribution >= 0.6 is 0 Å². The second-order valence-electron chi connectivity index (χ2n) is 11.4. The summed E-state index contributed by atoms with van der Waals surface area (Å²) in [6.07, 6.45) is 1.45. The van der Waals surface area contributed by atoms with Crippen molar-refractivity contribution in [1.29, 1.82) is 0 Å². The first kappa shape index (κ1) is 25.1. The maximum atomic E-state index is 14.3. The molecule has 3 heterocycles. The summed E-state index contributed by atoms with van der Waals surface area (Å²) in [4.78, 5) is 19.4. The van der Waals surface area contributed by atoms with E-state index in [0.29, 0.717) is 29.5 Å². The van der Waals surface area contributed by atoms with Gasteiger partial charge in [-0.2, -0.15) is 0 Å². The molecule has 3 aromatic carbocycles. The van der Waals surface area contributed by atoms with Crippen molar-refractivity contribution in [3.8, 4) is 5.75 Å². The van der Waals surface area contributed by atoms with Gasteiger partial charge in [-0.25, -0.2) is 22.9 Å². The molecule has 0 spiro atoms. The Hall–Kier alpha value is -4.60. The van der Waals surface area contributed by atoms with Gasteiger partial charge in [0.25, 0.3) is 0 Å². The SMILES string of the molecule is O=c1[nH]c(/C(=C2\c3ccc(Cn4c(C5CC(F)(F)C5)nc5ccccc54)cc3COc3cc(F)ccc32)C2CC2)no1. The van der Waals surface area contributed by atoms with Crippen molar-refractivity contribution in [1.82, 2.24) is 19.7 Å². The highest BCUT2D eigenvalue weighted by atomic mass is 19.3. The van der Waals surface area contributed by atoms with Crippen LogP contribution in [-0.2, 0) is 13.2 Å². The maximum absolute atomic E-state index is 14.3. The number of hydrogen-bond acceptors (Lipinski definition) is 5. The minimum absolute atomic E-state index is 0.157. The average Bonchev–Trinajstić information content (AvgIpc) is 3.64. The summed E-state index contributed by atoms with van der Waals surface area (Å²) in [6.45, 7) is 0.640. The minimum atomic E-state index is -2.65. The third-order valence-electron chi connectivity index (χ3n) is 8.47. The van der Waals surface area contributed by atoms with E-state index >= 15 is 0 Å². The van der Waals surface area contributed by atoms with Crippen LogP contribution in [0, 0.1) is 11.7 Å². The van der Waals surface area contributed by atoms with Crippen LogP contribution in [0.5, 0.6) is 5.75 Å². The number of aromatic amines is 1. The number of H-pyrrole nitrogens is 1. The van der Waals surface area contributed by atoms with E-state index in [1.807, 2.05) is 47.0 Å². The summed E-state index contributed by atoms with van der Waals surface area (Å²) in [5.41, 5.74) is 6.76. The molecule has 8 rings (SSSR count). The van der Waals surface area contributed by atoms with Gasteiger partial charge in [-0.15, -0.1) is 0 Å². The highest BCUT2D eigenvalue weighted by molar-refractivity contribution is 6.01. The first-order chi connectivity index (χ1) is 20.3. The smallest absolute Gasteiger partial charge is 0.439 e. The van der Waals surface area contributed by atoms with Crippen LogP contribution in [0.1, 0.15) is 65.5 Å². The van der Waals surface area contributed by atoms with E-state index in [4.69, 9.17) is 14.2 Å². The van der Waals surface area contributed by atoms with Crippen molar-refractivity contribution in [2.45, 2.75) is 50.7 Å². The number of benzene rings is 3. The molecule has 2 saturated carbocycles. The Morgan fingerprint density at radius 3 is 2.62 bits per heavy atom. The molecule has 212 valence electrons. The van der Waals surface area contributed by atoms with E-state index in [9.17, 15) is 18.0 Å². The number of allylic oxidation sites excluding steroid dienone is 1. The number of alkyl halides is 2. The first-order valence-electron chi connectivity index (χ1n) is 14.0. The Morgan fingerprint density at radius 2 is 1.86 bits per heavy atom. The lowest BCUT2D eigenvalue weighted by Crippen LogP contribution is -2.35. The van der Waals surface area contributed by atoms with Gasteiger partial charge in [0, 0.05) is 48.1 Å². The topological polar surface area (TPSA) is 85.9 Å². The Morgan fingerprint density at radius 1 is 1.05 bits per heavy atom. The molecule has 2 aromatic heterocycles. The lowest BCUT2D eigenvalue weighted by Gasteiger charge is -2.34. The largest absolute Gasteiger partial charge is 0.488 e. The quantitative estimate of drug-likeness (QED) is 0.255. The number of fused-ring (bicyclic) bond motifs is 3. The van der Waals surface area contributed by atoms with E-state index in [1.165, 1.54) is 12.1 Å². The van der Waals surface area contributed by atoms with Crippen molar-refractivity contribution in [2.24, 2.45) is 5.92 Å². The zero-order valence-corrected chi connectivity index (χ0v) is 22.4. The van der Waals surface area contributed by atoms with Crippen LogP contribution < -0.4 is 10.5 Å². The molecular weight excluding hydrogens is 545 g/mol. The molecule has 7 nitrogen and oxygen atoms in total. The van der Waals surface area contributed by atoms with Crippen LogP contribution in [0.15, 0.2) is 70.0 Å². The highest BCUT2D eigenvalue weighted by Crippen LogP contribution is 2.50. The average molecular weight is 571 g/mol. The second-order valence-corrected chi connectivity index (χ2v) is 11.4. The lowest BCUT2D eigenvalue weighted by atomic mass is 9.80. The molecule has 0 atom stereocenters. The molecule has 5 aromatic rings. The fourth-order valence-corrected chi connectivity index (χ4v) is 6.35. The molecule has 0 unspecified atom stereocenters. The molecular formula is C32H25F3N4O3. The van der Waals surface area contributed by atoms with E-state index in [2.05, 4.69) is 10.1 Å². The van der Waals surface area contributed by atoms with Crippen molar-refractivity contribution < 1.29 is 22.4 Å². The van der Waals surface area contributed by atoms with Crippen LogP contribution in [0.3, 0.4) is 0 Å². The lowest BCUT2D eigenvalue weighted by molar-refractivity contribution is -0.0889. The van der Waals surface area contributed by atoms with Gasteiger partial charge in [-0.05, 0) is 65.8 Å². The molecule has 1 aliphatic heterocycles. The number of rotatable bonds is 5. The molecule has 2 fully saturated rings. The van der Waals surface area contributed by atoms with Crippen molar-refractivity contribution in [2.75, 3.05) is 0 Å². The third kappa shape index (κ3) is 4.24. The van der Waals surface area contributed by atoms with Gasteiger partial charge in [0.2, 0.25) is 5.92 Å². The van der Waals surface area contributed by atoms with Crippen LogP contribution in [-0.4, -0.2) is 25.6 Å². The van der Waals surface area contributed by atoms with Gasteiger partial charge in [-0.1, -0.05) is 29.4 Å². The monoisotopic (exact) mass is 570 g/mol. The maximum Gasteiger partial charge on any atom is 0.439 e. The van der Waals surface area contributed by atoms with Gasteiger partial charge in [0.1, 0.15) is 24.0 Å². The fourth-order valence-electron chi connectivity index (χ4n) is 6.35. The summed E-state index contributed by atoms with van der Waals surface area (Å²) in [7, 11) is 0. The second kappa shape index (κ2) is 9.20. The Labute approximate surface area is 237 Å². The Bertz CT molecular complexity index is 1960. The fraction of sp³-hybridized carbons (Fsp3) is 0.281. The first-order valence-corrected chi connectivity index (χ1v) is 14.0. The molecule has 0 radical (unpaired) electrons. The number of nitrogens with one attached hydrogen (secondary N) is 1. The number of nitrogens with zero attached hydrogens (tertiary/aromatic N) is 3. The highest BCUT2D eigenvalue weighted by Gasteiger charge is 2.48. The van der Waals surface area contributed by atoms with Gasteiger partial charge < -0.3 is 9.30 Å². The number of hydrogen-bond donors (Lipinski definition) is 1. The molecule has 2 aliphatic carbocycles. The molecule has 0 bridgehead atoms. The molecule has 0 saturated heterocycles. The molecule has 3 aliphatic rings. The van der Waals surface area contributed by atoms with E-state index < -0.39 is 17.5 Å². The van der Waals surface area contributed by atoms with Crippen molar-refractivity contribution >= 4 is 22.2 Å². The minimum Gasteiger partial charge on any atom is -0.488 e. The van der Waals surface area contributed by atoms with Crippen molar-refractivity contribution in [3.05, 3.63) is 111 Å². The molecule has 42 heavy (non-hydrogen) atoms. The zero-order chi connectivity index (χ0) is 28.6. The zero-order valence-electron chi connectivity index (χ0n) is 22.4. The third-order valence-corrected chi connectivity index (χ3v) is 8.47. The number of imidazole rings is 1. The van der Waals surface area contributed by atoms with Gasteiger partial charge >= 0.3 is 5.76 Å². The summed E-state index contributed by atoms with van der Waals surface area (Å²) < 4.78 is 55.1. The van der Waals surface area contributed by atoms with Crippen LogP contribution in [0.2, 0.25) is 0 Å². The molecule has 1 N–H and O–H groups in total. The van der Waals surface area contributed by atoms with Crippen LogP contribution in [0.25, 0.3) is 22.2 Å². The number of halogens is 3. The normalized spacial score (nSPS) is 19.0. The standard InChI is InChI=1S/C32H25F3N4O3/c33-21-8-10-23-26(12-21)41-16-19-11-17(5-9-22(19)28(23)27(18-6-7-18)29-37-31(40)42-38-29)15-39-25-4-2-1-3-24(25)36-30(39)20-13-32(34,35)14-20/h1-5,8-12,18,20H,6-7,13-16H2,(H,37,38,40)/b28-27+. The summed E-state index contributed by atoms with van der Waals surface area (Å²) >= 11 is 0. The van der Waals surface area contributed by atoms with E-state index in [0.717, 1.165) is 51.7 Å². The summed E-state index contributed by atoms with van der Waals surface area (Å²) in [5.74, 6) is -2.43. The Balaban J connectivity index is 1.26. The van der Waals surface area contributed by atoms with E-state index in [-0.39, 0.29) is 31.3 Å². The van der Waals surface area contributed by atoms with E-state index in [1.54, 1.807) is 6.07 Å². The predicted molar refractivity (Wildman–Crippen MR) is 149 cm³/mol. The van der Waals surface area contributed by atoms with Gasteiger partial charge in [0.15, 0.2) is 5.82 Å². The van der Waals surface area contributed by atoms with Crippen LogP contribution in [0.4, 0.5) is 13.2 Å². The van der Waals surface area contributed by atoms with Gasteiger partial charge in [0.05, 0.1) is 11.0 Å².